The van der Waals surface area contributed by atoms with Gasteiger partial charge in [0.1, 0.15) is 0 Å². The first-order valence-corrected chi connectivity index (χ1v) is 9.00. The second-order valence-corrected chi connectivity index (χ2v) is 6.49. The quantitative estimate of drug-likeness (QED) is 0.585. The van der Waals surface area contributed by atoms with Crippen molar-refractivity contribution >= 4 is 5.91 Å². The van der Waals surface area contributed by atoms with E-state index in [1.165, 1.54) is 12.1 Å². The monoisotopic (exact) mass is 383 g/mol. The number of rotatable bonds is 6. The van der Waals surface area contributed by atoms with Crippen LogP contribution in [0.2, 0.25) is 0 Å². The van der Waals surface area contributed by atoms with Crippen LogP contribution in [-0.4, -0.2) is 12.5 Å². The van der Waals surface area contributed by atoms with Gasteiger partial charge in [0.25, 0.3) is 5.91 Å². The molecule has 1 amide bonds. The Morgan fingerprint density at radius 2 is 1.29 bits per heavy atom. The van der Waals surface area contributed by atoms with Crippen molar-refractivity contribution in [2.45, 2.75) is 18.5 Å². The van der Waals surface area contributed by atoms with Gasteiger partial charge in [-0.3, -0.25) is 4.79 Å². The Morgan fingerprint density at radius 1 is 0.786 bits per heavy atom. The minimum atomic E-state index is -4.41. The summed E-state index contributed by atoms with van der Waals surface area (Å²) in [6, 6.07) is 24.3. The smallest absolute Gasteiger partial charge is 0.352 e. The summed E-state index contributed by atoms with van der Waals surface area (Å²) in [5, 5.41) is 2.81. The zero-order chi connectivity index (χ0) is 20.0. The van der Waals surface area contributed by atoms with Crippen molar-refractivity contribution in [2.24, 2.45) is 0 Å². The molecular weight excluding hydrogens is 363 g/mol. The van der Waals surface area contributed by atoms with Gasteiger partial charge in [0.2, 0.25) is 0 Å². The molecule has 0 fully saturated rings. The Balaban J connectivity index is 1.65. The first kappa shape index (κ1) is 19.7. The van der Waals surface area contributed by atoms with Crippen LogP contribution < -0.4 is 5.32 Å². The van der Waals surface area contributed by atoms with Gasteiger partial charge >= 0.3 is 6.18 Å². The Morgan fingerprint density at radius 3 is 1.75 bits per heavy atom. The molecule has 0 unspecified atom stereocenters. The van der Waals surface area contributed by atoms with Gasteiger partial charge in [-0.05, 0) is 41.8 Å². The van der Waals surface area contributed by atoms with E-state index < -0.39 is 11.7 Å². The van der Waals surface area contributed by atoms with Crippen molar-refractivity contribution in [3.05, 3.63) is 107 Å². The topological polar surface area (TPSA) is 29.1 Å². The largest absolute Gasteiger partial charge is 0.416 e. The van der Waals surface area contributed by atoms with Crippen LogP contribution in [0.25, 0.3) is 0 Å². The average molecular weight is 383 g/mol. The maximum absolute atomic E-state index is 12.6. The van der Waals surface area contributed by atoms with Crippen LogP contribution >= 0.6 is 0 Å². The number of benzene rings is 3. The molecule has 2 nitrogen and oxygen atoms in total. The molecule has 0 saturated carbocycles. The van der Waals surface area contributed by atoms with Crippen molar-refractivity contribution in [3.63, 3.8) is 0 Å². The van der Waals surface area contributed by atoms with Crippen LogP contribution in [0.3, 0.4) is 0 Å². The van der Waals surface area contributed by atoms with E-state index >= 15 is 0 Å². The fraction of sp³-hybridized carbons (Fsp3) is 0.174. The van der Waals surface area contributed by atoms with Crippen LogP contribution in [0.1, 0.15) is 39.4 Å². The van der Waals surface area contributed by atoms with Crippen LogP contribution in [0.4, 0.5) is 13.2 Å². The second-order valence-electron chi connectivity index (χ2n) is 6.49. The number of nitrogens with one attached hydrogen (secondary N) is 1. The molecule has 3 aromatic rings. The third kappa shape index (κ3) is 5.00. The van der Waals surface area contributed by atoms with Crippen LogP contribution in [-0.2, 0) is 6.18 Å². The Kier molecular flexibility index (Phi) is 6.14. The standard InChI is InChI=1S/C23H20F3NO/c24-23(25,26)20-13-11-19(12-14-20)22(28)27-16-15-21(17-7-3-1-4-8-17)18-9-5-2-6-10-18/h1-14,21H,15-16H2,(H,27,28). The molecule has 3 aromatic carbocycles. The Labute approximate surface area is 162 Å². The SMILES string of the molecule is O=C(NCCC(c1ccccc1)c1ccccc1)c1ccc(C(F)(F)F)cc1. The molecule has 3 rings (SSSR count). The fourth-order valence-corrected chi connectivity index (χ4v) is 3.14. The molecule has 0 spiro atoms. The van der Waals surface area contributed by atoms with Gasteiger partial charge in [-0.2, -0.15) is 13.2 Å². The molecular formula is C23H20F3NO. The van der Waals surface area contributed by atoms with E-state index in [1.807, 2.05) is 36.4 Å². The highest BCUT2D eigenvalue weighted by molar-refractivity contribution is 5.94. The third-order valence-corrected chi connectivity index (χ3v) is 4.60. The average Bonchev–Trinajstić information content (AvgIpc) is 2.72. The summed E-state index contributed by atoms with van der Waals surface area (Å²) < 4.78 is 37.9. The molecule has 0 atom stereocenters. The first-order valence-electron chi connectivity index (χ1n) is 9.00. The molecule has 0 aliphatic rings. The van der Waals surface area contributed by atoms with Gasteiger partial charge in [0.15, 0.2) is 0 Å². The van der Waals surface area contributed by atoms with Crippen molar-refractivity contribution < 1.29 is 18.0 Å². The van der Waals surface area contributed by atoms with Crippen molar-refractivity contribution in [1.29, 1.82) is 0 Å². The molecule has 144 valence electrons. The van der Waals surface area contributed by atoms with Gasteiger partial charge in [-0.25, -0.2) is 0 Å². The third-order valence-electron chi connectivity index (χ3n) is 4.60. The molecule has 0 aliphatic carbocycles. The predicted octanol–water partition coefficient (Wildman–Crippen LogP) is 5.66. The second kappa shape index (κ2) is 8.74. The van der Waals surface area contributed by atoms with E-state index in [9.17, 15) is 18.0 Å². The number of alkyl halides is 3. The minimum Gasteiger partial charge on any atom is -0.352 e. The van der Waals surface area contributed by atoms with E-state index in [2.05, 4.69) is 29.6 Å². The van der Waals surface area contributed by atoms with Gasteiger partial charge < -0.3 is 5.32 Å². The van der Waals surface area contributed by atoms with E-state index in [0.717, 1.165) is 23.3 Å². The summed E-state index contributed by atoms with van der Waals surface area (Å²) in [4.78, 5) is 12.3. The molecule has 28 heavy (non-hydrogen) atoms. The van der Waals surface area contributed by atoms with Crippen LogP contribution in [0, 0.1) is 0 Å². The lowest BCUT2D eigenvalue weighted by atomic mass is 9.88. The van der Waals surface area contributed by atoms with Crippen molar-refractivity contribution in [2.75, 3.05) is 6.54 Å². The summed E-state index contributed by atoms with van der Waals surface area (Å²) >= 11 is 0. The van der Waals surface area contributed by atoms with Crippen LogP contribution in [0.15, 0.2) is 84.9 Å². The first-order chi connectivity index (χ1) is 13.4. The summed E-state index contributed by atoms with van der Waals surface area (Å²) in [5.74, 6) is -0.260. The minimum absolute atomic E-state index is 0.121. The van der Waals surface area contributed by atoms with Crippen LogP contribution in [0.5, 0.6) is 0 Å². The van der Waals surface area contributed by atoms with E-state index in [0.29, 0.717) is 13.0 Å². The van der Waals surface area contributed by atoms with E-state index in [1.54, 1.807) is 0 Å². The maximum atomic E-state index is 12.6. The lowest BCUT2D eigenvalue weighted by Gasteiger charge is -2.18. The summed E-state index contributed by atoms with van der Waals surface area (Å²) in [5.41, 5.74) is 1.75. The predicted molar refractivity (Wildman–Crippen MR) is 103 cm³/mol. The molecule has 0 radical (unpaired) electrons. The maximum Gasteiger partial charge on any atom is 0.416 e. The highest BCUT2D eigenvalue weighted by Crippen LogP contribution is 2.29. The number of carbonyl (C=O) groups excluding carboxylic acids is 1. The van der Waals surface area contributed by atoms with Crippen molar-refractivity contribution in [3.8, 4) is 0 Å². The lowest BCUT2D eigenvalue weighted by Crippen LogP contribution is -2.26. The normalized spacial score (nSPS) is 11.4. The summed E-state index contributed by atoms with van der Waals surface area (Å²) in [6.07, 6.45) is -3.73. The van der Waals surface area contributed by atoms with E-state index in [4.69, 9.17) is 0 Å². The lowest BCUT2D eigenvalue weighted by molar-refractivity contribution is -0.137. The zero-order valence-corrected chi connectivity index (χ0v) is 15.1. The highest BCUT2D eigenvalue weighted by atomic mass is 19.4. The zero-order valence-electron chi connectivity index (χ0n) is 15.1. The van der Waals surface area contributed by atoms with Gasteiger partial charge in [0.05, 0.1) is 5.56 Å². The van der Waals surface area contributed by atoms with Gasteiger partial charge in [-0.1, -0.05) is 60.7 Å². The summed E-state index contributed by atoms with van der Waals surface area (Å²) in [6.45, 7) is 0.411. The number of hydrogen-bond donors (Lipinski definition) is 1. The van der Waals surface area contributed by atoms with E-state index in [-0.39, 0.29) is 17.4 Å². The number of amides is 1. The number of halogens is 3. The molecule has 1 N–H and O–H groups in total. The number of hydrogen-bond acceptors (Lipinski definition) is 1. The molecule has 0 bridgehead atoms. The van der Waals surface area contributed by atoms with Gasteiger partial charge in [-0.15, -0.1) is 0 Å². The van der Waals surface area contributed by atoms with Gasteiger partial charge in [0, 0.05) is 18.0 Å². The molecule has 0 heterocycles. The molecule has 5 heteroatoms. The molecule has 0 aliphatic heterocycles. The Hall–Kier alpha value is -3.08. The summed E-state index contributed by atoms with van der Waals surface area (Å²) in [7, 11) is 0. The Bertz CT molecular complexity index is 851. The number of carbonyl (C=O) groups is 1. The molecule has 0 saturated heterocycles. The van der Waals surface area contributed by atoms with Crippen molar-refractivity contribution in [1.82, 2.24) is 5.32 Å². The molecule has 0 aromatic heterocycles. The highest BCUT2D eigenvalue weighted by Gasteiger charge is 2.30. The fourth-order valence-electron chi connectivity index (χ4n) is 3.14.